The molecule has 0 amide bonds. The summed E-state index contributed by atoms with van der Waals surface area (Å²) < 4.78 is 15.0. The highest BCUT2D eigenvalue weighted by atomic mass is 32.2. The summed E-state index contributed by atoms with van der Waals surface area (Å²) in [6.07, 6.45) is 10.7. The molecule has 0 saturated carbocycles. The van der Waals surface area contributed by atoms with E-state index in [-0.39, 0.29) is 12.2 Å². The van der Waals surface area contributed by atoms with E-state index < -0.39 is 0 Å². The SMILES string of the molecule is CCCCCOF.Cn1cc(SN2CCC(Nc3ncc4ccc(=O)[nH]c4n3)CC2)cn1. The number of aryl methyl sites for hydroxylation is 1. The summed E-state index contributed by atoms with van der Waals surface area (Å²) in [5.74, 6) is 0.563. The summed E-state index contributed by atoms with van der Waals surface area (Å²) in [5, 5.41) is 8.41. The van der Waals surface area contributed by atoms with Gasteiger partial charge < -0.3 is 10.3 Å². The summed E-state index contributed by atoms with van der Waals surface area (Å²) in [4.78, 5) is 27.4. The molecule has 0 atom stereocenters. The highest BCUT2D eigenvalue weighted by Gasteiger charge is 2.21. The molecule has 1 saturated heterocycles. The van der Waals surface area contributed by atoms with E-state index in [9.17, 15) is 9.32 Å². The number of nitrogens with one attached hydrogen (secondary N) is 2. The predicted molar refractivity (Wildman–Crippen MR) is 124 cm³/mol. The minimum atomic E-state index is -0.155. The van der Waals surface area contributed by atoms with Crippen LogP contribution in [0.3, 0.4) is 0 Å². The molecule has 3 aromatic rings. The van der Waals surface area contributed by atoms with Gasteiger partial charge in [-0.25, -0.2) is 9.29 Å². The minimum absolute atomic E-state index is 0.155. The molecule has 32 heavy (non-hydrogen) atoms. The van der Waals surface area contributed by atoms with Gasteiger partial charge in [-0.05, 0) is 41.8 Å². The summed E-state index contributed by atoms with van der Waals surface area (Å²) in [5.41, 5.74) is 0.410. The van der Waals surface area contributed by atoms with Gasteiger partial charge in [0.15, 0.2) is 0 Å². The third-order valence-corrected chi connectivity index (χ3v) is 6.05. The average molecular weight is 464 g/mol. The average Bonchev–Trinajstić information content (AvgIpc) is 3.20. The van der Waals surface area contributed by atoms with Gasteiger partial charge >= 0.3 is 0 Å². The van der Waals surface area contributed by atoms with Crippen LogP contribution in [0.25, 0.3) is 11.0 Å². The molecular formula is C21H30FN7O2S. The molecule has 3 aromatic heterocycles. The molecule has 0 radical (unpaired) electrons. The van der Waals surface area contributed by atoms with Gasteiger partial charge in [-0.15, -0.1) is 0 Å². The van der Waals surface area contributed by atoms with Crippen LogP contribution in [0.1, 0.15) is 39.0 Å². The fourth-order valence-corrected chi connectivity index (χ4v) is 4.27. The predicted octanol–water partition coefficient (Wildman–Crippen LogP) is 3.71. The lowest BCUT2D eigenvalue weighted by Gasteiger charge is -2.31. The molecule has 1 aliphatic rings. The Morgan fingerprint density at radius 3 is 2.78 bits per heavy atom. The third kappa shape index (κ3) is 7.57. The van der Waals surface area contributed by atoms with Crippen molar-refractivity contribution < 1.29 is 9.47 Å². The quantitative estimate of drug-likeness (QED) is 0.385. The molecular weight excluding hydrogens is 433 g/mol. The number of pyridine rings is 1. The highest BCUT2D eigenvalue weighted by molar-refractivity contribution is 7.97. The lowest BCUT2D eigenvalue weighted by molar-refractivity contribution is -0.132. The number of unbranched alkanes of at least 4 members (excludes halogenated alkanes) is 2. The fourth-order valence-electron chi connectivity index (χ4n) is 3.28. The number of aromatic amines is 1. The number of H-pyrrole nitrogens is 1. The Morgan fingerprint density at radius 2 is 2.09 bits per heavy atom. The number of fused-ring (bicyclic) bond motifs is 1. The van der Waals surface area contributed by atoms with Crippen LogP contribution in [0.2, 0.25) is 0 Å². The van der Waals surface area contributed by atoms with Crippen LogP contribution < -0.4 is 10.9 Å². The molecule has 4 heterocycles. The van der Waals surface area contributed by atoms with E-state index in [1.165, 1.54) is 6.07 Å². The van der Waals surface area contributed by atoms with Crippen molar-refractivity contribution in [3.63, 3.8) is 0 Å². The van der Waals surface area contributed by atoms with Gasteiger partial charge in [0.25, 0.3) is 0 Å². The monoisotopic (exact) mass is 463 g/mol. The first-order valence-electron chi connectivity index (χ1n) is 10.8. The zero-order chi connectivity index (χ0) is 22.8. The molecule has 174 valence electrons. The Labute approximate surface area is 190 Å². The second-order valence-corrected chi connectivity index (χ2v) is 8.80. The molecule has 0 unspecified atom stereocenters. The van der Waals surface area contributed by atoms with Gasteiger partial charge in [0.1, 0.15) is 5.65 Å². The van der Waals surface area contributed by atoms with Crippen molar-refractivity contribution in [2.24, 2.45) is 7.05 Å². The van der Waals surface area contributed by atoms with Crippen LogP contribution in [0.4, 0.5) is 10.5 Å². The molecule has 1 aliphatic heterocycles. The van der Waals surface area contributed by atoms with Crippen LogP contribution in [-0.4, -0.2) is 54.8 Å². The van der Waals surface area contributed by atoms with Crippen LogP contribution in [0.15, 0.2) is 40.4 Å². The van der Waals surface area contributed by atoms with Crippen molar-refractivity contribution in [3.8, 4) is 0 Å². The van der Waals surface area contributed by atoms with Gasteiger partial charge in [-0.3, -0.25) is 9.48 Å². The lowest BCUT2D eigenvalue weighted by Crippen LogP contribution is -2.35. The normalized spacial score (nSPS) is 14.8. The van der Waals surface area contributed by atoms with Crippen molar-refractivity contribution in [3.05, 3.63) is 41.1 Å². The van der Waals surface area contributed by atoms with Gasteiger partial charge in [0.2, 0.25) is 11.5 Å². The summed E-state index contributed by atoms with van der Waals surface area (Å²) in [6, 6.07) is 3.54. The van der Waals surface area contributed by atoms with Crippen molar-refractivity contribution >= 4 is 28.9 Å². The Hall–Kier alpha value is -2.50. The first kappa shape index (κ1) is 24.1. The number of aromatic nitrogens is 5. The second kappa shape index (κ2) is 12.5. The Morgan fingerprint density at radius 1 is 1.28 bits per heavy atom. The van der Waals surface area contributed by atoms with Crippen LogP contribution >= 0.6 is 11.9 Å². The Kier molecular flexibility index (Phi) is 9.44. The van der Waals surface area contributed by atoms with E-state index in [2.05, 4.69) is 41.5 Å². The fraction of sp³-hybridized carbons (Fsp3) is 0.524. The molecule has 11 heteroatoms. The number of hydrogen-bond donors (Lipinski definition) is 2. The molecule has 0 aliphatic carbocycles. The zero-order valence-corrected chi connectivity index (χ0v) is 19.3. The molecule has 4 rings (SSSR count). The van der Waals surface area contributed by atoms with Crippen LogP contribution in [0, 0.1) is 0 Å². The van der Waals surface area contributed by atoms with Gasteiger partial charge in [0.05, 0.1) is 17.7 Å². The van der Waals surface area contributed by atoms with Crippen LogP contribution in [-0.2, 0) is 12.0 Å². The largest absolute Gasteiger partial charge is 0.351 e. The number of anilines is 1. The summed E-state index contributed by atoms with van der Waals surface area (Å²) in [6.45, 7) is 4.30. The number of nitrogens with zero attached hydrogens (tertiary/aromatic N) is 5. The van der Waals surface area contributed by atoms with Crippen LogP contribution in [0.5, 0.6) is 0 Å². The smallest absolute Gasteiger partial charge is 0.249 e. The first-order chi connectivity index (χ1) is 15.6. The maximum Gasteiger partial charge on any atom is 0.249 e. The lowest BCUT2D eigenvalue weighted by atomic mass is 10.1. The van der Waals surface area contributed by atoms with E-state index in [0.717, 1.165) is 55.5 Å². The van der Waals surface area contributed by atoms with Gasteiger partial charge in [0, 0.05) is 50.0 Å². The maximum absolute atomic E-state index is 11.4. The molecule has 0 spiro atoms. The van der Waals surface area contributed by atoms with Crippen molar-refractivity contribution in [1.29, 1.82) is 0 Å². The van der Waals surface area contributed by atoms with E-state index >= 15 is 0 Å². The highest BCUT2D eigenvalue weighted by Crippen LogP contribution is 2.26. The molecule has 0 bridgehead atoms. The number of piperidine rings is 1. The maximum atomic E-state index is 11.4. The number of halogens is 1. The Balaban J connectivity index is 0.000000360. The van der Waals surface area contributed by atoms with E-state index in [0.29, 0.717) is 17.6 Å². The van der Waals surface area contributed by atoms with E-state index in [1.54, 1.807) is 24.2 Å². The number of rotatable bonds is 8. The first-order valence-corrected chi connectivity index (χ1v) is 11.6. The third-order valence-electron chi connectivity index (χ3n) is 5.00. The van der Waals surface area contributed by atoms with E-state index in [1.807, 2.05) is 24.1 Å². The number of hydrogen-bond acceptors (Lipinski definition) is 8. The van der Waals surface area contributed by atoms with Crippen molar-refractivity contribution in [2.75, 3.05) is 25.0 Å². The zero-order valence-electron chi connectivity index (χ0n) is 18.5. The molecule has 9 nitrogen and oxygen atoms in total. The standard InChI is InChI=1S/C16H19N7OS.C5H11FO/c1-22-10-13(9-18-22)25-23-6-4-12(5-7-23)19-16-17-8-11-2-3-14(24)20-15(11)21-16;1-2-3-4-5-7-6/h2-3,8-10,12H,4-7H2,1H3,(H2,17,19,20,21,24);2-5H2,1H3. The Bertz CT molecular complexity index is 1020. The van der Waals surface area contributed by atoms with Gasteiger partial charge in [-0.2, -0.15) is 15.0 Å². The minimum Gasteiger partial charge on any atom is -0.351 e. The molecule has 2 N–H and O–H groups in total. The molecule has 1 fully saturated rings. The van der Waals surface area contributed by atoms with Crippen molar-refractivity contribution in [1.82, 2.24) is 29.0 Å². The van der Waals surface area contributed by atoms with E-state index in [4.69, 9.17) is 0 Å². The second-order valence-electron chi connectivity index (χ2n) is 7.63. The molecule has 0 aromatic carbocycles. The summed E-state index contributed by atoms with van der Waals surface area (Å²) in [7, 11) is 1.93. The summed E-state index contributed by atoms with van der Waals surface area (Å²) >= 11 is 1.75. The van der Waals surface area contributed by atoms with Gasteiger partial charge in [-0.1, -0.05) is 19.8 Å². The topological polar surface area (TPSA) is 101 Å². The van der Waals surface area contributed by atoms with Crippen molar-refractivity contribution in [2.45, 2.75) is 50.0 Å².